The third kappa shape index (κ3) is 13.8. The molecule has 11 atom stereocenters. The molecule has 1 aliphatic heterocycles. The fourth-order valence-electron chi connectivity index (χ4n) is 5.45. The molecular weight excluding hydrogens is 480 g/mol. The number of aliphatic hydroxyl groups is 8. The van der Waals surface area contributed by atoms with E-state index in [1.54, 1.807) is 0 Å². The van der Waals surface area contributed by atoms with Gasteiger partial charge in [-0.05, 0) is 56.8 Å². The Hall–Kier alpha value is -0.620. The quantitative estimate of drug-likeness (QED) is 0.128. The normalized spacial score (nSPS) is 29.0. The summed E-state index contributed by atoms with van der Waals surface area (Å²) in [5, 5.41) is 80.7. The minimum atomic E-state index is -1.23. The molecule has 8 N–H and O–H groups in total. The van der Waals surface area contributed by atoms with Gasteiger partial charge in [-0.2, -0.15) is 0 Å². The van der Waals surface area contributed by atoms with Crippen LogP contribution in [0.25, 0.3) is 0 Å². The molecule has 9 nitrogen and oxygen atoms in total. The second-order valence-corrected chi connectivity index (χ2v) is 12.0. The molecule has 0 aromatic carbocycles. The van der Waals surface area contributed by atoms with Crippen LogP contribution in [-0.4, -0.2) is 102 Å². The van der Waals surface area contributed by atoms with Crippen LogP contribution in [0, 0.1) is 17.8 Å². The average Bonchev–Trinajstić information content (AvgIpc) is 2.75. The van der Waals surface area contributed by atoms with E-state index in [2.05, 4.69) is 26.8 Å². The predicted molar refractivity (Wildman–Crippen MR) is 142 cm³/mol. The molecule has 1 fully saturated rings. The van der Waals surface area contributed by atoms with Crippen LogP contribution >= 0.6 is 0 Å². The molecule has 1 heterocycles. The summed E-state index contributed by atoms with van der Waals surface area (Å²) in [6.07, 6.45) is -3.18. The van der Waals surface area contributed by atoms with Gasteiger partial charge >= 0.3 is 0 Å². The van der Waals surface area contributed by atoms with Crippen molar-refractivity contribution in [2.45, 2.75) is 141 Å². The van der Waals surface area contributed by atoms with Crippen molar-refractivity contribution in [2.75, 3.05) is 6.61 Å². The van der Waals surface area contributed by atoms with Gasteiger partial charge in [-0.3, -0.25) is 0 Å². The molecule has 11 unspecified atom stereocenters. The van der Waals surface area contributed by atoms with Gasteiger partial charge in [-0.25, -0.2) is 0 Å². The van der Waals surface area contributed by atoms with Crippen molar-refractivity contribution in [3.8, 4) is 0 Å². The number of ether oxygens (including phenoxy) is 1. The van der Waals surface area contributed by atoms with Crippen molar-refractivity contribution < 1.29 is 45.6 Å². The summed E-state index contributed by atoms with van der Waals surface area (Å²) in [6.45, 7) is 9.66. The highest BCUT2D eigenvalue weighted by atomic mass is 16.5. The van der Waals surface area contributed by atoms with Crippen molar-refractivity contribution in [1.29, 1.82) is 0 Å². The lowest BCUT2D eigenvalue weighted by Gasteiger charge is -2.40. The van der Waals surface area contributed by atoms with Crippen molar-refractivity contribution in [3.63, 3.8) is 0 Å². The molecule has 1 rings (SSSR count). The van der Waals surface area contributed by atoms with Crippen LogP contribution in [0.1, 0.15) is 86.0 Å². The molecule has 0 bridgehead atoms. The molecule has 0 aromatic rings. The Morgan fingerprint density at radius 2 is 1.49 bits per heavy atom. The Labute approximate surface area is 222 Å². The highest BCUT2D eigenvalue weighted by Crippen LogP contribution is 2.29. The zero-order valence-electron chi connectivity index (χ0n) is 23.4. The molecular formula is C28H54O9. The maximum atomic E-state index is 10.8. The zero-order chi connectivity index (χ0) is 28.3. The summed E-state index contributed by atoms with van der Waals surface area (Å²) in [5.74, 6) is 0.630. The van der Waals surface area contributed by atoms with Gasteiger partial charge in [0.05, 0.1) is 55.4 Å². The predicted octanol–water partition coefficient (Wildman–Crippen LogP) is 1.27. The summed E-state index contributed by atoms with van der Waals surface area (Å²) in [5.41, 5.74) is 1.06. The van der Waals surface area contributed by atoms with Crippen LogP contribution < -0.4 is 0 Å². The summed E-state index contributed by atoms with van der Waals surface area (Å²) >= 11 is 0. The lowest BCUT2D eigenvalue weighted by molar-refractivity contribution is -0.202. The summed E-state index contributed by atoms with van der Waals surface area (Å²) in [7, 11) is 0. The molecule has 0 aliphatic carbocycles. The Kier molecular flexibility index (Phi) is 15.9. The number of hydrogen-bond donors (Lipinski definition) is 8. The molecule has 0 saturated carbocycles. The monoisotopic (exact) mass is 534 g/mol. The van der Waals surface area contributed by atoms with Crippen molar-refractivity contribution in [1.82, 2.24) is 0 Å². The SMILES string of the molecule is C/C(=C\C(C)CC(O)CC(C)C)CC(O)CC(C)CC(O)C1CC(O)C(O)C(CC(O)CC(O)CO)O1. The van der Waals surface area contributed by atoms with E-state index in [9.17, 15) is 35.7 Å². The first kappa shape index (κ1) is 34.4. The molecule has 9 heteroatoms. The van der Waals surface area contributed by atoms with E-state index >= 15 is 0 Å². The first-order chi connectivity index (χ1) is 17.2. The van der Waals surface area contributed by atoms with Gasteiger partial charge in [0.15, 0.2) is 0 Å². The van der Waals surface area contributed by atoms with Gasteiger partial charge in [-0.15, -0.1) is 0 Å². The van der Waals surface area contributed by atoms with Crippen LogP contribution in [-0.2, 0) is 4.74 Å². The average molecular weight is 535 g/mol. The maximum absolute atomic E-state index is 10.8. The first-order valence-corrected chi connectivity index (χ1v) is 13.9. The van der Waals surface area contributed by atoms with Crippen molar-refractivity contribution in [3.05, 3.63) is 11.6 Å². The minimum absolute atomic E-state index is 0.0283. The lowest BCUT2D eigenvalue weighted by Crippen LogP contribution is -2.52. The molecule has 0 spiro atoms. The fourth-order valence-corrected chi connectivity index (χ4v) is 5.45. The third-order valence-electron chi connectivity index (χ3n) is 7.12. The Morgan fingerprint density at radius 3 is 2.08 bits per heavy atom. The number of rotatable bonds is 17. The largest absolute Gasteiger partial charge is 0.394 e. The van der Waals surface area contributed by atoms with Gasteiger partial charge in [-0.1, -0.05) is 39.3 Å². The van der Waals surface area contributed by atoms with Gasteiger partial charge in [0.25, 0.3) is 0 Å². The highest BCUT2D eigenvalue weighted by molar-refractivity contribution is 5.02. The van der Waals surface area contributed by atoms with Crippen LogP contribution in [0.4, 0.5) is 0 Å². The summed E-state index contributed by atoms with van der Waals surface area (Å²) in [4.78, 5) is 0. The van der Waals surface area contributed by atoms with Crippen molar-refractivity contribution in [2.24, 2.45) is 17.8 Å². The summed E-state index contributed by atoms with van der Waals surface area (Å²) in [6, 6.07) is 0. The topological polar surface area (TPSA) is 171 Å². The minimum Gasteiger partial charge on any atom is -0.394 e. The standard InChI is InChI=1S/C28H54O9/c1-16(2)6-20(30)8-17(3)7-18(4)9-21(31)10-19(5)11-24(34)26-14-25(35)28(36)27(37-26)13-22(32)12-23(33)15-29/h7,16-17,19-36H,6,8-15H2,1-5H3/b18-7+. The van der Waals surface area contributed by atoms with Gasteiger partial charge in [0.1, 0.15) is 6.10 Å². The fraction of sp³-hybridized carbons (Fsp3) is 0.929. The second kappa shape index (κ2) is 17.2. The smallest absolute Gasteiger partial charge is 0.106 e. The Morgan fingerprint density at radius 1 is 0.838 bits per heavy atom. The molecule has 0 radical (unpaired) electrons. The molecule has 1 aliphatic rings. The summed E-state index contributed by atoms with van der Waals surface area (Å²) < 4.78 is 5.83. The van der Waals surface area contributed by atoms with E-state index in [1.165, 1.54) is 0 Å². The first-order valence-electron chi connectivity index (χ1n) is 13.9. The van der Waals surface area contributed by atoms with E-state index in [-0.39, 0.29) is 37.2 Å². The highest BCUT2D eigenvalue weighted by Gasteiger charge is 2.40. The lowest BCUT2D eigenvalue weighted by atomic mass is 9.87. The van der Waals surface area contributed by atoms with E-state index in [0.29, 0.717) is 31.6 Å². The number of hydrogen-bond acceptors (Lipinski definition) is 9. The number of aliphatic hydroxyl groups excluding tert-OH is 8. The molecule has 0 amide bonds. The molecule has 220 valence electrons. The van der Waals surface area contributed by atoms with Gasteiger partial charge in [0.2, 0.25) is 0 Å². The van der Waals surface area contributed by atoms with Gasteiger partial charge < -0.3 is 45.6 Å². The molecule has 1 saturated heterocycles. The molecule has 37 heavy (non-hydrogen) atoms. The van der Waals surface area contributed by atoms with Crippen LogP contribution in [0.2, 0.25) is 0 Å². The van der Waals surface area contributed by atoms with Crippen LogP contribution in [0.5, 0.6) is 0 Å². The van der Waals surface area contributed by atoms with Crippen LogP contribution in [0.3, 0.4) is 0 Å². The second-order valence-electron chi connectivity index (χ2n) is 12.0. The van der Waals surface area contributed by atoms with E-state index in [0.717, 1.165) is 12.0 Å². The Balaban J connectivity index is 2.54. The maximum Gasteiger partial charge on any atom is 0.106 e. The third-order valence-corrected chi connectivity index (χ3v) is 7.12. The van der Waals surface area contributed by atoms with E-state index in [4.69, 9.17) is 9.84 Å². The number of allylic oxidation sites excluding steroid dienone is 1. The van der Waals surface area contributed by atoms with E-state index < -0.39 is 55.4 Å². The molecule has 0 aromatic heterocycles. The van der Waals surface area contributed by atoms with E-state index in [1.807, 2.05) is 13.8 Å². The Bertz CT molecular complexity index is 643. The van der Waals surface area contributed by atoms with Gasteiger partial charge in [0, 0.05) is 19.3 Å². The van der Waals surface area contributed by atoms with Crippen molar-refractivity contribution >= 4 is 0 Å². The zero-order valence-corrected chi connectivity index (χ0v) is 23.4. The van der Waals surface area contributed by atoms with Crippen LogP contribution in [0.15, 0.2) is 11.6 Å².